The van der Waals surface area contributed by atoms with Crippen molar-refractivity contribution in [2.24, 2.45) is 24.6 Å². The maximum atomic E-state index is 13.2. The highest BCUT2D eigenvalue weighted by atomic mass is 16.2. The van der Waals surface area contributed by atoms with Gasteiger partial charge in [0.25, 0.3) is 11.5 Å². The third-order valence-corrected chi connectivity index (χ3v) is 6.91. The molecule has 0 aromatic carbocycles. The van der Waals surface area contributed by atoms with Gasteiger partial charge in [-0.1, -0.05) is 39.7 Å². The highest BCUT2D eigenvalue weighted by molar-refractivity contribution is 5.97. The van der Waals surface area contributed by atoms with E-state index in [0.29, 0.717) is 18.8 Å². The van der Waals surface area contributed by atoms with Gasteiger partial charge in [-0.3, -0.25) is 24.0 Å². The van der Waals surface area contributed by atoms with Crippen molar-refractivity contribution in [2.45, 2.75) is 78.3 Å². The number of ketones is 2. The number of aryl methyl sites for hydroxylation is 1. The van der Waals surface area contributed by atoms with Gasteiger partial charge in [0, 0.05) is 37.6 Å². The van der Waals surface area contributed by atoms with Crippen LogP contribution in [0.25, 0.3) is 0 Å². The molecule has 0 aliphatic carbocycles. The lowest BCUT2D eigenvalue weighted by Crippen LogP contribution is -2.43. The Balaban J connectivity index is 2.15. The maximum Gasteiger partial charge on any atom is 0.270 e. The zero-order valence-electron chi connectivity index (χ0n) is 22.2. The van der Waals surface area contributed by atoms with E-state index in [1.165, 1.54) is 21.7 Å². The molecule has 2 aromatic heterocycles. The third-order valence-electron chi connectivity index (χ3n) is 6.91. The van der Waals surface area contributed by atoms with Gasteiger partial charge in [0.1, 0.15) is 5.69 Å². The first-order valence-corrected chi connectivity index (χ1v) is 12.9. The largest absolute Gasteiger partial charge is 0.369 e. The number of carbonyl (C=O) groups excluding carboxylic acids is 4. The Labute approximate surface area is 217 Å². The number of rotatable bonds is 16. The number of amides is 2. The molecule has 0 radical (unpaired) electrons. The van der Waals surface area contributed by atoms with Gasteiger partial charge in [-0.15, -0.1) is 0 Å². The normalized spacial score (nSPS) is 12.8. The van der Waals surface area contributed by atoms with Crippen molar-refractivity contribution in [1.29, 1.82) is 0 Å². The van der Waals surface area contributed by atoms with Crippen LogP contribution in [0.1, 0.15) is 75.3 Å². The first-order valence-electron chi connectivity index (χ1n) is 12.9. The molecule has 0 saturated carbocycles. The predicted molar refractivity (Wildman–Crippen MR) is 140 cm³/mol. The Morgan fingerprint density at radius 1 is 1.11 bits per heavy atom. The first kappa shape index (κ1) is 29.7. The number of nitrogens with one attached hydrogen (secondary N) is 1. The lowest BCUT2D eigenvalue weighted by molar-refractivity contribution is -0.123. The van der Waals surface area contributed by atoms with Gasteiger partial charge in [0.15, 0.2) is 11.6 Å². The number of pyridine rings is 1. The van der Waals surface area contributed by atoms with Crippen LogP contribution < -0.4 is 16.6 Å². The molecule has 10 nitrogen and oxygen atoms in total. The number of hydrogen-bond donors (Lipinski definition) is 2. The predicted octanol–water partition coefficient (Wildman–Crippen LogP) is 2.18. The molecule has 1 unspecified atom stereocenters. The fourth-order valence-corrected chi connectivity index (χ4v) is 4.17. The molecular formula is C27H39N5O5. The van der Waals surface area contributed by atoms with Gasteiger partial charge >= 0.3 is 0 Å². The van der Waals surface area contributed by atoms with Crippen LogP contribution in [-0.4, -0.2) is 43.5 Å². The number of imidazole rings is 1. The van der Waals surface area contributed by atoms with E-state index in [4.69, 9.17) is 5.73 Å². The average molecular weight is 514 g/mol. The van der Waals surface area contributed by atoms with Crippen molar-refractivity contribution >= 4 is 23.4 Å². The van der Waals surface area contributed by atoms with E-state index in [2.05, 4.69) is 24.1 Å². The van der Waals surface area contributed by atoms with Gasteiger partial charge in [0.05, 0.1) is 25.1 Å². The summed E-state index contributed by atoms with van der Waals surface area (Å²) in [6, 6.07) is 2.26. The van der Waals surface area contributed by atoms with Crippen molar-refractivity contribution in [1.82, 2.24) is 19.4 Å². The monoisotopic (exact) mass is 513 g/mol. The summed E-state index contributed by atoms with van der Waals surface area (Å²) in [7, 11) is 1.66. The van der Waals surface area contributed by atoms with E-state index in [1.807, 2.05) is 0 Å². The molecule has 0 spiro atoms. The Bertz CT molecular complexity index is 1150. The number of nitrogens with two attached hydrogens (primary N) is 1. The van der Waals surface area contributed by atoms with Crippen LogP contribution in [0, 0.1) is 11.8 Å². The minimum Gasteiger partial charge on any atom is -0.369 e. The van der Waals surface area contributed by atoms with E-state index >= 15 is 0 Å². The number of nitrogens with zero attached hydrogens (tertiary/aromatic N) is 3. The second kappa shape index (κ2) is 14.2. The fourth-order valence-electron chi connectivity index (χ4n) is 4.17. The molecule has 2 rings (SSSR count). The SMILES string of the molecule is CCC(CC)CCC(=O)Cn1cccc(CC(=O)[C@H](CCC(C)C(N)=O)NC(=O)c2cncn2C)c1=O. The van der Waals surface area contributed by atoms with Crippen LogP contribution in [0.5, 0.6) is 0 Å². The summed E-state index contributed by atoms with van der Waals surface area (Å²) in [5.74, 6) is -1.38. The zero-order chi connectivity index (χ0) is 27.5. The third kappa shape index (κ3) is 8.80. The van der Waals surface area contributed by atoms with Gasteiger partial charge in [-0.05, 0) is 31.2 Å². The van der Waals surface area contributed by atoms with E-state index < -0.39 is 29.3 Å². The number of primary amides is 1. The van der Waals surface area contributed by atoms with Crippen LogP contribution in [0.2, 0.25) is 0 Å². The highest BCUT2D eigenvalue weighted by Gasteiger charge is 2.25. The van der Waals surface area contributed by atoms with Crippen molar-refractivity contribution < 1.29 is 19.2 Å². The van der Waals surface area contributed by atoms with Gasteiger partial charge in [-0.2, -0.15) is 0 Å². The van der Waals surface area contributed by atoms with Gasteiger partial charge in [0.2, 0.25) is 5.91 Å². The minimum atomic E-state index is -0.932. The molecule has 202 valence electrons. The molecular weight excluding hydrogens is 474 g/mol. The van der Waals surface area contributed by atoms with Crippen LogP contribution in [0.3, 0.4) is 0 Å². The summed E-state index contributed by atoms with van der Waals surface area (Å²) >= 11 is 0. The number of hydrogen-bond acceptors (Lipinski definition) is 6. The zero-order valence-corrected chi connectivity index (χ0v) is 22.2. The van der Waals surface area contributed by atoms with Crippen molar-refractivity contribution in [3.05, 3.63) is 52.5 Å². The second-order valence-corrected chi connectivity index (χ2v) is 9.67. The standard InChI is InChI=1S/C27H39N5O5/c1-5-19(6-2)10-11-21(33)16-32-13-7-8-20(27(32)37)14-24(34)22(12-9-18(3)25(28)35)30-26(36)23-15-29-17-31(23)4/h7-8,13,15,17-19,22H,5-6,9-12,14,16H2,1-4H3,(H2,28,35)(H,30,36)/t18?,22-/m0/s1. The van der Waals surface area contributed by atoms with Crippen LogP contribution in [-0.2, 0) is 34.4 Å². The summed E-state index contributed by atoms with van der Waals surface area (Å²) in [6.45, 7) is 5.82. The quantitative estimate of drug-likeness (QED) is 0.352. The molecule has 0 aliphatic heterocycles. The molecule has 2 atom stereocenters. The lowest BCUT2D eigenvalue weighted by Gasteiger charge is -2.19. The van der Waals surface area contributed by atoms with Crippen molar-refractivity contribution in [2.75, 3.05) is 0 Å². The Hall–Kier alpha value is -3.56. The molecule has 0 saturated heterocycles. The molecule has 2 heterocycles. The Morgan fingerprint density at radius 2 is 1.81 bits per heavy atom. The maximum absolute atomic E-state index is 13.2. The van der Waals surface area contributed by atoms with Crippen molar-refractivity contribution in [3.63, 3.8) is 0 Å². The fraction of sp³-hybridized carbons (Fsp3) is 0.556. The van der Waals surface area contributed by atoms with Gasteiger partial charge < -0.3 is 20.2 Å². The minimum absolute atomic E-state index is 0.0285. The molecule has 3 N–H and O–H groups in total. The van der Waals surface area contributed by atoms with Crippen molar-refractivity contribution in [3.8, 4) is 0 Å². The second-order valence-electron chi connectivity index (χ2n) is 9.67. The van der Waals surface area contributed by atoms with Crippen LogP contribution in [0.4, 0.5) is 0 Å². The summed E-state index contributed by atoms with van der Waals surface area (Å²) in [5.41, 5.74) is 5.46. The summed E-state index contributed by atoms with van der Waals surface area (Å²) in [5, 5.41) is 2.71. The molecule has 0 fully saturated rings. The molecule has 10 heteroatoms. The van der Waals surface area contributed by atoms with Crippen LogP contribution in [0.15, 0.2) is 35.6 Å². The summed E-state index contributed by atoms with van der Waals surface area (Å²) in [6.07, 6.45) is 7.88. The van der Waals surface area contributed by atoms with E-state index in [1.54, 1.807) is 32.3 Å². The Morgan fingerprint density at radius 3 is 2.41 bits per heavy atom. The first-order chi connectivity index (χ1) is 17.6. The average Bonchev–Trinajstić information content (AvgIpc) is 3.30. The summed E-state index contributed by atoms with van der Waals surface area (Å²) in [4.78, 5) is 66.9. The number of Topliss-reactive ketones (excluding diaryl/α,β-unsaturated/α-hetero) is 2. The number of aromatic nitrogens is 3. The molecule has 37 heavy (non-hydrogen) atoms. The topological polar surface area (TPSA) is 146 Å². The summed E-state index contributed by atoms with van der Waals surface area (Å²) < 4.78 is 2.86. The van der Waals surface area contributed by atoms with Gasteiger partial charge in [-0.25, -0.2) is 4.98 Å². The number of carbonyl (C=O) groups is 4. The highest BCUT2D eigenvalue weighted by Crippen LogP contribution is 2.15. The molecule has 2 aromatic rings. The Kier molecular flexibility index (Phi) is 11.4. The van der Waals surface area contributed by atoms with E-state index in [-0.39, 0.29) is 42.2 Å². The smallest absolute Gasteiger partial charge is 0.270 e. The molecule has 2 amide bonds. The van der Waals surface area contributed by atoms with Crippen LogP contribution >= 0.6 is 0 Å². The lowest BCUT2D eigenvalue weighted by atomic mass is 9.95. The van der Waals surface area contributed by atoms with E-state index in [9.17, 15) is 24.0 Å². The molecule has 0 aliphatic rings. The molecule has 0 bridgehead atoms. The van der Waals surface area contributed by atoms with E-state index in [0.717, 1.165) is 19.3 Å².